The van der Waals surface area contributed by atoms with Crippen molar-refractivity contribution in [3.8, 4) is 5.75 Å². The van der Waals surface area contributed by atoms with E-state index >= 15 is 0 Å². The number of carbonyl (C=O) groups excluding carboxylic acids is 1. The molecule has 31 heavy (non-hydrogen) atoms. The third-order valence-corrected chi connectivity index (χ3v) is 7.05. The first-order valence-electron chi connectivity index (χ1n) is 9.91. The summed E-state index contributed by atoms with van der Waals surface area (Å²) in [6.07, 6.45) is 3.52. The number of hydrogen-bond acceptors (Lipinski definition) is 6. The van der Waals surface area contributed by atoms with E-state index in [0.717, 1.165) is 32.8 Å². The maximum atomic E-state index is 13.3. The van der Waals surface area contributed by atoms with Crippen molar-refractivity contribution in [2.75, 3.05) is 17.8 Å². The maximum absolute atomic E-state index is 13.3. The number of benzene rings is 2. The van der Waals surface area contributed by atoms with Crippen molar-refractivity contribution in [3.63, 3.8) is 0 Å². The van der Waals surface area contributed by atoms with Crippen LogP contribution in [0.25, 0.3) is 10.2 Å². The molecule has 0 aliphatic heterocycles. The van der Waals surface area contributed by atoms with E-state index in [1.807, 2.05) is 49.4 Å². The molecule has 0 spiro atoms. The molecule has 0 aliphatic rings. The van der Waals surface area contributed by atoms with Crippen LogP contribution in [0.3, 0.4) is 0 Å². The molecule has 0 saturated heterocycles. The Kier molecular flexibility index (Phi) is 6.84. The third kappa shape index (κ3) is 5.06. The van der Waals surface area contributed by atoms with Crippen LogP contribution in [0.2, 0.25) is 0 Å². The lowest BCUT2D eigenvalue weighted by Gasteiger charge is -2.19. The second-order valence-electron chi connectivity index (χ2n) is 7.08. The van der Waals surface area contributed by atoms with Gasteiger partial charge in [0.25, 0.3) is 0 Å². The Morgan fingerprint density at radius 3 is 2.65 bits per heavy atom. The number of methoxy groups -OCH3 is 1. The lowest BCUT2D eigenvalue weighted by molar-refractivity contribution is -0.116. The van der Waals surface area contributed by atoms with Gasteiger partial charge >= 0.3 is 0 Å². The van der Waals surface area contributed by atoms with Crippen molar-refractivity contribution in [1.82, 2.24) is 9.97 Å². The van der Waals surface area contributed by atoms with Gasteiger partial charge in [-0.25, -0.2) is 4.98 Å². The van der Waals surface area contributed by atoms with Gasteiger partial charge < -0.3 is 4.74 Å². The van der Waals surface area contributed by atoms with Gasteiger partial charge in [0.1, 0.15) is 11.3 Å². The first-order chi connectivity index (χ1) is 15.2. The lowest BCUT2D eigenvalue weighted by Crippen LogP contribution is -2.32. The molecule has 0 unspecified atom stereocenters. The fourth-order valence-electron chi connectivity index (χ4n) is 3.22. The van der Waals surface area contributed by atoms with Crippen LogP contribution >= 0.6 is 23.1 Å². The Bertz CT molecular complexity index is 1160. The van der Waals surface area contributed by atoms with E-state index in [9.17, 15) is 4.79 Å². The Morgan fingerprint density at radius 2 is 1.90 bits per heavy atom. The molecule has 4 rings (SSSR count). The quantitative estimate of drug-likeness (QED) is 0.357. The molecule has 1 amide bonds. The van der Waals surface area contributed by atoms with Gasteiger partial charge in [-0.2, -0.15) is 0 Å². The molecule has 0 atom stereocenters. The number of hydrogen-bond donors (Lipinski definition) is 0. The number of thiazole rings is 1. The summed E-state index contributed by atoms with van der Waals surface area (Å²) in [5, 5.41) is 0.678. The molecular formula is C24H23N3O2S2. The van der Waals surface area contributed by atoms with Crippen molar-refractivity contribution in [3.05, 3.63) is 83.7 Å². The molecule has 0 fully saturated rings. The highest BCUT2D eigenvalue weighted by atomic mass is 32.2. The number of rotatable bonds is 8. The number of pyridine rings is 1. The number of carbonyl (C=O) groups is 1. The Balaban J connectivity index is 1.60. The summed E-state index contributed by atoms with van der Waals surface area (Å²) >= 11 is 3.13. The van der Waals surface area contributed by atoms with Gasteiger partial charge in [0, 0.05) is 18.1 Å². The molecule has 2 heterocycles. The van der Waals surface area contributed by atoms with E-state index in [1.165, 1.54) is 16.9 Å². The molecule has 0 N–H and O–H groups in total. The van der Waals surface area contributed by atoms with Crippen LogP contribution in [0.4, 0.5) is 5.13 Å². The van der Waals surface area contributed by atoms with Gasteiger partial charge in [-0.1, -0.05) is 53.8 Å². The first kappa shape index (κ1) is 21.3. The number of anilines is 1. The van der Waals surface area contributed by atoms with Gasteiger partial charge in [0.05, 0.1) is 24.1 Å². The molecule has 158 valence electrons. The fourth-order valence-corrected chi connectivity index (χ4v) is 5.15. The van der Waals surface area contributed by atoms with Gasteiger partial charge in [-0.3, -0.25) is 14.7 Å². The van der Waals surface area contributed by atoms with Crippen molar-refractivity contribution < 1.29 is 9.53 Å². The first-order valence-corrected chi connectivity index (χ1v) is 11.9. The van der Waals surface area contributed by atoms with Crippen LogP contribution in [-0.2, 0) is 17.1 Å². The average Bonchev–Trinajstić information content (AvgIpc) is 3.25. The topological polar surface area (TPSA) is 55.3 Å². The molecule has 2 aromatic heterocycles. The molecule has 0 aliphatic carbocycles. The standard InChI is InChI=1S/C24H23N3O2S2/c1-17-10-11-20(29-2)22-23(17)31-24(26-22)27(14-19-9-6-12-25-13-19)21(28)16-30-15-18-7-4-3-5-8-18/h3-13H,14-16H2,1-2H3. The van der Waals surface area contributed by atoms with Crippen LogP contribution in [-0.4, -0.2) is 28.7 Å². The summed E-state index contributed by atoms with van der Waals surface area (Å²) in [4.78, 5) is 24.0. The zero-order valence-corrected chi connectivity index (χ0v) is 19.1. The monoisotopic (exact) mass is 449 g/mol. The van der Waals surface area contributed by atoms with Crippen molar-refractivity contribution in [2.45, 2.75) is 19.2 Å². The van der Waals surface area contributed by atoms with E-state index in [4.69, 9.17) is 9.72 Å². The van der Waals surface area contributed by atoms with Gasteiger partial charge in [0.2, 0.25) is 5.91 Å². The number of ether oxygens (including phenoxy) is 1. The summed E-state index contributed by atoms with van der Waals surface area (Å²) < 4.78 is 6.53. The van der Waals surface area contributed by atoms with Crippen molar-refractivity contribution in [1.29, 1.82) is 0 Å². The van der Waals surface area contributed by atoms with Crippen LogP contribution in [0.5, 0.6) is 5.75 Å². The molecule has 2 aromatic carbocycles. The van der Waals surface area contributed by atoms with Crippen LogP contribution in [0.15, 0.2) is 67.0 Å². The molecule has 0 bridgehead atoms. The Labute approximate surface area is 190 Å². The Hall–Kier alpha value is -2.90. The minimum Gasteiger partial charge on any atom is -0.494 e. The molecule has 7 heteroatoms. The van der Waals surface area contributed by atoms with E-state index in [0.29, 0.717) is 17.4 Å². The molecule has 0 saturated carbocycles. The molecule has 4 aromatic rings. The summed E-state index contributed by atoms with van der Waals surface area (Å²) in [7, 11) is 1.64. The molecule has 0 radical (unpaired) electrons. The van der Waals surface area contributed by atoms with Crippen LogP contribution in [0.1, 0.15) is 16.7 Å². The number of aryl methyl sites for hydroxylation is 1. The highest BCUT2D eigenvalue weighted by Gasteiger charge is 2.22. The SMILES string of the molecule is COc1ccc(C)c2sc(N(Cc3cccnc3)C(=O)CSCc3ccccc3)nc12. The number of fused-ring (bicyclic) bond motifs is 1. The normalized spacial score (nSPS) is 10.9. The predicted octanol–water partition coefficient (Wildman–Crippen LogP) is 5.47. The van der Waals surface area contributed by atoms with Crippen molar-refractivity contribution >= 4 is 44.4 Å². The van der Waals surface area contributed by atoms with E-state index < -0.39 is 0 Å². The highest BCUT2D eigenvalue weighted by Crippen LogP contribution is 2.37. The molecular weight excluding hydrogens is 426 g/mol. The molecule has 5 nitrogen and oxygen atoms in total. The summed E-state index contributed by atoms with van der Waals surface area (Å²) in [5.41, 5.74) is 4.08. The Morgan fingerprint density at radius 1 is 1.10 bits per heavy atom. The fraction of sp³-hybridized carbons (Fsp3) is 0.208. The van der Waals surface area contributed by atoms with Crippen LogP contribution in [0, 0.1) is 6.92 Å². The van der Waals surface area contributed by atoms with Gasteiger partial charge in [-0.05, 0) is 35.7 Å². The van der Waals surface area contributed by atoms with Gasteiger partial charge in [-0.15, -0.1) is 11.8 Å². The highest BCUT2D eigenvalue weighted by molar-refractivity contribution is 7.99. The minimum absolute atomic E-state index is 0.0282. The average molecular weight is 450 g/mol. The smallest absolute Gasteiger partial charge is 0.239 e. The van der Waals surface area contributed by atoms with Crippen LogP contribution < -0.4 is 9.64 Å². The summed E-state index contributed by atoms with van der Waals surface area (Å²) in [5.74, 6) is 1.91. The lowest BCUT2D eigenvalue weighted by atomic mass is 10.2. The van der Waals surface area contributed by atoms with E-state index in [1.54, 1.807) is 36.2 Å². The maximum Gasteiger partial charge on any atom is 0.239 e. The van der Waals surface area contributed by atoms with Gasteiger partial charge in [0.15, 0.2) is 5.13 Å². The zero-order chi connectivity index (χ0) is 21.6. The largest absolute Gasteiger partial charge is 0.494 e. The third-order valence-electron chi connectivity index (χ3n) is 4.84. The summed E-state index contributed by atoms with van der Waals surface area (Å²) in [6, 6.07) is 18.0. The van der Waals surface area contributed by atoms with E-state index in [-0.39, 0.29) is 5.91 Å². The second-order valence-corrected chi connectivity index (χ2v) is 9.04. The number of thioether (sulfide) groups is 1. The van der Waals surface area contributed by atoms with Crippen molar-refractivity contribution in [2.24, 2.45) is 0 Å². The summed E-state index contributed by atoms with van der Waals surface area (Å²) in [6.45, 7) is 2.48. The predicted molar refractivity (Wildman–Crippen MR) is 129 cm³/mol. The van der Waals surface area contributed by atoms with E-state index in [2.05, 4.69) is 17.1 Å². The number of amides is 1. The number of aromatic nitrogens is 2. The second kappa shape index (κ2) is 9.94. The number of nitrogens with zero attached hydrogens (tertiary/aromatic N) is 3. The zero-order valence-electron chi connectivity index (χ0n) is 17.4. The minimum atomic E-state index is 0.0282.